The van der Waals surface area contributed by atoms with E-state index in [0.29, 0.717) is 18.0 Å². The number of aromatic amines is 1. The van der Waals surface area contributed by atoms with Gasteiger partial charge in [0, 0.05) is 45.0 Å². The molecule has 0 bridgehead atoms. The predicted molar refractivity (Wildman–Crippen MR) is 94.4 cm³/mol. The van der Waals surface area contributed by atoms with Crippen LogP contribution < -0.4 is 0 Å². The highest BCUT2D eigenvalue weighted by Crippen LogP contribution is 2.25. The zero-order valence-corrected chi connectivity index (χ0v) is 15.1. The molecule has 0 aliphatic carbocycles. The maximum atomic E-state index is 13.0. The van der Waals surface area contributed by atoms with Crippen LogP contribution in [-0.4, -0.2) is 83.6 Å². The first-order valence-corrected chi connectivity index (χ1v) is 9.43. The fraction of sp³-hybridized carbons (Fsp3) is 0.778. The van der Waals surface area contributed by atoms with Gasteiger partial charge in [-0.25, -0.2) is 0 Å². The van der Waals surface area contributed by atoms with Crippen LogP contribution in [0.3, 0.4) is 0 Å². The molecule has 3 rings (SSSR count). The Morgan fingerprint density at radius 2 is 2.12 bits per heavy atom. The van der Waals surface area contributed by atoms with Crippen molar-refractivity contribution in [1.29, 1.82) is 0 Å². The summed E-state index contributed by atoms with van der Waals surface area (Å²) >= 11 is 0. The molecule has 2 fully saturated rings. The van der Waals surface area contributed by atoms with E-state index in [1.54, 1.807) is 6.20 Å². The number of aromatic nitrogens is 2. The summed E-state index contributed by atoms with van der Waals surface area (Å²) in [4.78, 5) is 17.3. The molecule has 7 nitrogen and oxygen atoms in total. The predicted octanol–water partition coefficient (Wildman–Crippen LogP) is 0.765. The van der Waals surface area contributed by atoms with Crippen molar-refractivity contribution in [2.75, 3.05) is 52.5 Å². The number of piperidine rings is 1. The number of carbonyl (C=O) groups excluding carboxylic acids is 1. The number of nitrogens with zero attached hydrogens (tertiary/aromatic N) is 3. The molecule has 2 N–H and O–H groups in total. The van der Waals surface area contributed by atoms with Crippen molar-refractivity contribution < 1.29 is 14.6 Å². The number of morpholine rings is 1. The van der Waals surface area contributed by atoms with Crippen LogP contribution in [0.5, 0.6) is 0 Å². The first-order chi connectivity index (χ1) is 12.2. The van der Waals surface area contributed by atoms with Crippen LogP contribution >= 0.6 is 0 Å². The van der Waals surface area contributed by atoms with Crippen LogP contribution in [0.25, 0.3) is 0 Å². The van der Waals surface area contributed by atoms with E-state index in [1.165, 1.54) is 0 Å². The number of hydrogen-bond donors (Lipinski definition) is 2. The van der Waals surface area contributed by atoms with Gasteiger partial charge in [-0.3, -0.25) is 14.8 Å². The van der Waals surface area contributed by atoms with E-state index >= 15 is 0 Å². The number of carbonyl (C=O) groups is 1. The van der Waals surface area contributed by atoms with Crippen LogP contribution in [0, 0.1) is 11.8 Å². The number of aliphatic hydroxyl groups is 1. The van der Waals surface area contributed by atoms with Gasteiger partial charge >= 0.3 is 0 Å². The summed E-state index contributed by atoms with van der Waals surface area (Å²) in [6, 6.07) is 0. The lowest BCUT2D eigenvalue weighted by Gasteiger charge is -2.40. The van der Waals surface area contributed by atoms with E-state index in [0.717, 1.165) is 64.3 Å². The molecule has 0 unspecified atom stereocenters. The molecule has 2 aliphatic heterocycles. The highest BCUT2D eigenvalue weighted by molar-refractivity contribution is 5.95. The number of likely N-dealkylation sites (tertiary alicyclic amines) is 1. The number of aliphatic hydroxyl groups excluding tert-OH is 1. The van der Waals surface area contributed by atoms with E-state index in [9.17, 15) is 9.90 Å². The van der Waals surface area contributed by atoms with E-state index in [1.807, 2.05) is 4.90 Å². The molecule has 140 valence electrons. The standard InChI is InChI=1S/C18H30N4O3/c1-2-3-17-16(9-19-20-17)18(24)22-11-14(8-15(12-22)13-23)10-21-4-6-25-7-5-21/h9,14-15,23H,2-8,10-13H2,1H3,(H,19,20)/t14-,15-/m1/s1. The minimum absolute atomic E-state index is 0.0438. The number of aryl methyl sites for hydroxylation is 1. The summed E-state index contributed by atoms with van der Waals surface area (Å²) in [5.74, 6) is 0.599. The molecule has 3 heterocycles. The normalized spacial score (nSPS) is 25.3. The molecule has 0 spiro atoms. The van der Waals surface area contributed by atoms with Gasteiger partial charge in [-0.15, -0.1) is 0 Å². The topological polar surface area (TPSA) is 81.7 Å². The van der Waals surface area contributed by atoms with Gasteiger partial charge in [0.05, 0.1) is 25.0 Å². The van der Waals surface area contributed by atoms with Crippen LogP contribution in [0.4, 0.5) is 0 Å². The largest absolute Gasteiger partial charge is 0.396 e. The minimum atomic E-state index is 0.0438. The molecular formula is C18H30N4O3. The van der Waals surface area contributed by atoms with E-state index in [2.05, 4.69) is 22.0 Å². The van der Waals surface area contributed by atoms with Gasteiger partial charge in [0.15, 0.2) is 0 Å². The highest BCUT2D eigenvalue weighted by Gasteiger charge is 2.32. The molecule has 1 aromatic heterocycles. The third-order valence-electron chi connectivity index (χ3n) is 5.24. The van der Waals surface area contributed by atoms with Gasteiger partial charge in [-0.1, -0.05) is 13.3 Å². The van der Waals surface area contributed by atoms with E-state index in [-0.39, 0.29) is 18.4 Å². The van der Waals surface area contributed by atoms with Gasteiger partial charge in [0.25, 0.3) is 5.91 Å². The summed E-state index contributed by atoms with van der Waals surface area (Å²) in [5.41, 5.74) is 1.61. The van der Waals surface area contributed by atoms with Gasteiger partial charge in [0.2, 0.25) is 0 Å². The lowest BCUT2D eigenvalue weighted by molar-refractivity contribution is 0.0130. The Morgan fingerprint density at radius 1 is 1.36 bits per heavy atom. The number of nitrogens with one attached hydrogen (secondary N) is 1. The molecule has 2 saturated heterocycles. The maximum absolute atomic E-state index is 13.0. The minimum Gasteiger partial charge on any atom is -0.396 e. The lowest BCUT2D eigenvalue weighted by Crippen LogP contribution is -2.49. The number of rotatable bonds is 6. The quantitative estimate of drug-likeness (QED) is 0.792. The molecule has 1 aromatic rings. The molecule has 2 aliphatic rings. The summed E-state index contributed by atoms with van der Waals surface area (Å²) in [6.45, 7) is 8.06. The van der Waals surface area contributed by atoms with Crippen LogP contribution in [-0.2, 0) is 11.2 Å². The Morgan fingerprint density at radius 3 is 2.84 bits per heavy atom. The SMILES string of the molecule is CCCc1[nH]ncc1C(=O)N1C[C@H](CO)C[C@H](CN2CCOCC2)C1. The molecule has 0 aromatic carbocycles. The van der Waals surface area contributed by atoms with Crippen molar-refractivity contribution in [3.8, 4) is 0 Å². The second kappa shape index (κ2) is 8.78. The lowest BCUT2D eigenvalue weighted by atomic mass is 9.88. The third-order valence-corrected chi connectivity index (χ3v) is 5.24. The smallest absolute Gasteiger partial charge is 0.257 e. The van der Waals surface area contributed by atoms with Crippen LogP contribution in [0.1, 0.15) is 35.8 Å². The van der Waals surface area contributed by atoms with E-state index < -0.39 is 0 Å². The molecule has 0 radical (unpaired) electrons. The second-order valence-electron chi connectivity index (χ2n) is 7.29. The molecule has 1 amide bonds. The summed E-state index contributed by atoms with van der Waals surface area (Å²) in [5, 5.41) is 16.7. The Labute approximate surface area is 149 Å². The highest BCUT2D eigenvalue weighted by atomic mass is 16.5. The Kier molecular flexibility index (Phi) is 6.45. The summed E-state index contributed by atoms with van der Waals surface area (Å²) in [6.07, 6.45) is 4.43. The van der Waals surface area contributed by atoms with Crippen molar-refractivity contribution in [3.63, 3.8) is 0 Å². The zero-order chi connectivity index (χ0) is 17.6. The molecule has 0 saturated carbocycles. The zero-order valence-electron chi connectivity index (χ0n) is 15.1. The first-order valence-electron chi connectivity index (χ1n) is 9.43. The average Bonchev–Trinajstić information content (AvgIpc) is 3.10. The van der Waals surface area contributed by atoms with Crippen molar-refractivity contribution in [2.24, 2.45) is 11.8 Å². The van der Waals surface area contributed by atoms with Crippen molar-refractivity contribution >= 4 is 5.91 Å². The van der Waals surface area contributed by atoms with Gasteiger partial charge in [-0.2, -0.15) is 5.10 Å². The third kappa shape index (κ3) is 4.59. The Balaban J connectivity index is 1.66. The number of ether oxygens (including phenoxy) is 1. The van der Waals surface area contributed by atoms with Crippen molar-refractivity contribution in [2.45, 2.75) is 26.2 Å². The van der Waals surface area contributed by atoms with Gasteiger partial charge < -0.3 is 14.7 Å². The Hall–Kier alpha value is -1.44. The van der Waals surface area contributed by atoms with Gasteiger partial charge in [0.1, 0.15) is 0 Å². The number of H-pyrrole nitrogens is 1. The van der Waals surface area contributed by atoms with Crippen LogP contribution in [0.2, 0.25) is 0 Å². The first kappa shape index (κ1) is 18.4. The molecule has 2 atom stereocenters. The van der Waals surface area contributed by atoms with Crippen LogP contribution in [0.15, 0.2) is 6.20 Å². The number of hydrogen-bond acceptors (Lipinski definition) is 5. The molecule has 25 heavy (non-hydrogen) atoms. The van der Waals surface area contributed by atoms with Crippen molar-refractivity contribution in [1.82, 2.24) is 20.0 Å². The molecule has 7 heteroatoms. The fourth-order valence-electron chi connectivity index (χ4n) is 4.01. The Bertz CT molecular complexity index is 556. The summed E-state index contributed by atoms with van der Waals surface area (Å²) < 4.78 is 5.42. The maximum Gasteiger partial charge on any atom is 0.257 e. The second-order valence-corrected chi connectivity index (χ2v) is 7.29. The number of amides is 1. The van der Waals surface area contributed by atoms with Gasteiger partial charge in [-0.05, 0) is 24.7 Å². The monoisotopic (exact) mass is 350 g/mol. The molecular weight excluding hydrogens is 320 g/mol. The van der Waals surface area contributed by atoms with Crippen molar-refractivity contribution in [3.05, 3.63) is 17.5 Å². The van der Waals surface area contributed by atoms with E-state index in [4.69, 9.17) is 4.74 Å². The fourth-order valence-corrected chi connectivity index (χ4v) is 4.01. The average molecular weight is 350 g/mol. The summed E-state index contributed by atoms with van der Waals surface area (Å²) in [7, 11) is 0.